The molecule has 1 N–H and O–H groups in total. The van der Waals surface area contributed by atoms with Crippen LogP contribution in [0.3, 0.4) is 0 Å². The SMILES string of the molecule is Cc1c(C(=O)NC2CC2)cccc1-n1cnc2c(N3CCCCCC3)ncnc21. The van der Waals surface area contributed by atoms with E-state index in [1.807, 2.05) is 29.7 Å². The molecule has 2 fully saturated rings. The van der Waals surface area contributed by atoms with Gasteiger partial charge in [-0.15, -0.1) is 0 Å². The molecule has 5 rings (SSSR count). The number of imidazole rings is 1. The van der Waals surface area contributed by atoms with Crippen LogP contribution in [0, 0.1) is 6.92 Å². The first-order chi connectivity index (χ1) is 14.2. The third-order valence-electron chi connectivity index (χ3n) is 5.94. The molecule has 29 heavy (non-hydrogen) atoms. The Morgan fingerprint density at radius 3 is 2.62 bits per heavy atom. The fourth-order valence-electron chi connectivity index (χ4n) is 4.13. The Bertz CT molecular complexity index is 1050. The standard InChI is InChI=1S/C22H26N6O/c1-15-17(22(29)26-16-9-10-16)7-6-8-18(15)28-14-25-19-20(23-13-24-21(19)28)27-11-4-2-3-5-12-27/h6-8,13-14,16H,2-5,9-12H2,1H3,(H,26,29). The van der Waals surface area contributed by atoms with Gasteiger partial charge in [-0.05, 0) is 50.3 Å². The van der Waals surface area contributed by atoms with Crippen molar-refractivity contribution in [3.8, 4) is 5.69 Å². The quantitative estimate of drug-likeness (QED) is 0.739. The van der Waals surface area contributed by atoms with Gasteiger partial charge < -0.3 is 10.2 Å². The molecular weight excluding hydrogens is 364 g/mol. The number of benzene rings is 1. The van der Waals surface area contributed by atoms with Crippen LogP contribution in [0.1, 0.15) is 54.4 Å². The van der Waals surface area contributed by atoms with Crippen LogP contribution in [0.2, 0.25) is 0 Å². The van der Waals surface area contributed by atoms with E-state index in [0.717, 1.165) is 54.2 Å². The number of nitrogens with one attached hydrogen (secondary N) is 1. The molecule has 7 nitrogen and oxygen atoms in total. The number of aromatic nitrogens is 4. The molecule has 1 saturated heterocycles. The molecule has 0 atom stereocenters. The molecule has 0 radical (unpaired) electrons. The average Bonchev–Trinajstić information content (AvgIpc) is 3.50. The van der Waals surface area contributed by atoms with Crippen molar-refractivity contribution in [2.45, 2.75) is 51.5 Å². The van der Waals surface area contributed by atoms with Crippen molar-refractivity contribution < 1.29 is 4.79 Å². The summed E-state index contributed by atoms with van der Waals surface area (Å²) >= 11 is 0. The first-order valence-electron chi connectivity index (χ1n) is 10.6. The molecule has 1 saturated carbocycles. The highest BCUT2D eigenvalue weighted by molar-refractivity contribution is 5.97. The van der Waals surface area contributed by atoms with Gasteiger partial charge in [0.2, 0.25) is 0 Å². The number of nitrogens with zero attached hydrogens (tertiary/aromatic N) is 5. The third-order valence-corrected chi connectivity index (χ3v) is 5.94. The maximum absolute atomic E-state index is 12.6. The van der Waals surface area contributed by atoms with Gasteiger partial charge in [-0.25, -0.2) is 15.0 Å². The minimum atomic E-state index is -0.00356. The molecule has 0 unspecified atom stereocenters. The van der Waals surface area contributed by atoms with E-state index in [9.17, 15) is 4.79 Å². The van der Waals surface area contributed by atoms with Gasteiger partial charge in [-0.1, -0.05) is 18.9 Å². The summed E-state index contributed by atoms with van der Waals surface area (Å²) in [7, 11) is 0. The van der Waals surface area contributed by atoms with Crippen molar-refractivity contribution in [3.63, 3.8) is 0 Å². The van der Waals surface area contributed by atoms with Crippen LogP contribution in [0.15, 0.2) is 30.9 Å². The van der Waals surface area contributed by atoms with Crippen molar-refractivity contribution in [1.82, 2.24) is 24.8 Å². The molecule has 3 aromatic rings. The van der Waals surface area contributed by atoms with Crippen molar-refractivity contribution in [2.24, 2.45) is 0 Å². The smallest absolute Gasteiger partial charge is 0.251 e. The summed E-state index contributed by atoms with van der Waals surface area (Å²) in [6, 6.07) is 6.15. The minimum absolute atomic E-state index is 0.00356. The van der Waals surface area contributed by atoms with E-state index in [2.05, 4.69) is 25.2 Å². The van der Waals surface area contributed by atoms with Crippen LogP contribution in [0.5, 0.6) is 0 Å². The van der Waals surface area contributed by atoms with Crippen LogP contribution < -0.4 is 10.2 Å². The van der Waals surface area contributed by atoms with E-state index in [4.69, 9.17) is 0 Å². The van der Waals surface area contributed by atoms with Crippen molar-refractivity contribution >= 4 is 22.9 Å². The summed E-state index contributed by atoms with van der Waals surface area (Å²) in [4.78, 5) is 28.7. The average molecular weight is 390 g/mol. The zero-order chi connectivity index (χ0) is 19.8. The van der Waals surface area contributed by atoms with Gasteiger partial charge in [0.05, 0.1) is 5.69 Å². The summed E-state index contributed by atoms with van der Waals surface area (Å²) in [6.07, 6.45) is 10.5. The second-order valence-electron chi connectivity index (χ2n) is 8.08. The summed E-state index contributed by atoms with van der Waals surface area (Å²) in [5.41, 5.74) is 4.16. The molecule has 2 aliphatic rings. The maximum atomic E-state index is 12.6. The number of hydrogen-bond donors (Lipinski definition) is 1. The first-order valence-corrected chi connectivity index (χ1v) is 10.6. The molecule has 1 aliphatic carbocycles. The molecule has 2 aromatic heterocycles. The Morgan fingerprint density at radius 1 is 1.07 bits per heavy atom. The highest BCUT2D eigenvalue weighted by atomic mass is 16.1. The highest BCUT2D eigenvalue weighted by Gasteiger charge is 2.25. The fraction of sp³-hybridized carbons (Fsp3) is 0.455. The van der Waals surface area contributed by atoms with Crippen LogP contribution in [0.4, 0.5) is 5.82 Å². The monoisotopic (exact) mass is 390 g/mol. The minimum Gasteiger partial charge on any atom is -0.355 e. The second-order valence-corrected chi connectivity index (χ2v) is 8.08. The molecule has 0 spiro atoms. The van der Waals surface area contributed by atoms with Crippen LogP contribution in [0.25, 0.3) is 16.9 Å². The Morgan fingerprint density at radius 2 is 1.86 bits per heavy atom. The lowest BCUT2D eigenvalue weighted by Gasteiger charge is -2.21. The van der Waals surface area contributed by atoms with E-state index >= 15 is 0 Å². The number of anilines is 1. The van der Waals surface area contributed by atoms with E-state index in [1.165, 1.54) is 25.7 Å². The van der Waals surface area contributed by atoms with Crippen molar-refractivity contribution in [2.75, 3.05) is 18.0 Å². The van der Waals surface area contributed by atoms with Crippen LogP contribution >= 0.6 is 0 Å². The lowest BCUT2D eigenvalue weighted by Crippen LogP contribution is -2.26. The Kier molecular flexibility index (Phi) is 4.66. The predicted octanol–water partition coefficient (Wildman–Crippen LogP) is 3.40. The van der Waals surface area contributed by atoms with Gasteiger partial charge in [0.1, 0.15) is 12.7 Å². The first kappa shape index (κ1) is 18.1. The lowest BCUT2D eigenvalue weighted by molar-refractivity contribution is 0.0950. The summed E-state index contributed by atoms with van der Waals surface area (Å²) in [5.74, 6) is 0.909. The fourth-order valence-corrected chi connectivity index (χ4v) is 4.13. The topological polar surface area (TPSA) is 75.9 Å². The number of carbonyl (C=O) groups is 1. The number of hydrogen-bond acceptors (Lipinski definition) is 5. The van der Waals surface area contributed by atoms with Crippen LogP contribution in [-0.4, -0.2) is 44.6 Å². The third kappa shape index (κ3) is 3.45. The van der Waals surface area contributed by atoms with Gasteiger partial charge in [0, 0.05) is 24.7 Å². The normalized spacial score (nSPS) is 17.3. The highest BCUT2D eigenvalue weighted by Crippen LogP contribution is 2.28. The molecule has 0 bridgehead atoms. The summed E-state index contributed by atoms with van der Waals surface area (Å²) in [5, 5.41) is 3.08. The Balaban J connectivity index is 1.54. The second kappa shape index (κ2) is 7.46. The summed E-state index contributed by atoms with van der Waals surface area (Å²) in [6.45, 7) is 4.00. The van der Waals surface area contributed by atoms with E-state index < -0.39 is 0 Å². The number of amides is 1. The van der Waals surface area contributed by atoms with Gasteiger partial charge in [0.25, 0.3) is 5.91 Å². The van der Waals surface area contributed by atoms with Crippen molar-refractivity contribution in [1.29, 1.82) is 0 Å². The number of carbonyl (C=O) groups excluding carboxylic acids is 1. The molecule has 1 aliphatic heterocycles. The molecule has 3 heterocycles. The van der Waals surface area contributed by atoms with Gasteiger partial charge in [0.15, 0.2) is 17.0 Å². The summed E-state index contributed by atoms with van der Waals surface area (Å²) < 4.78 is 1.97. The lowest BCUT2D eigenvalue weighted by atomic mass is 10.1. The van der Waals surface area contributed by atoms with Gasteiger partial charge in [-0.2, -0.15) is 0 Å². The van der Waals surface area contributed by atoms with Crippen LogP contribution in [-0.2, 0) is 0 Å². The van der Waals surface area contributed by atoms with E-state index in [1.54, 1.807) is 12.7 Å². The van der Waals surface area contributed by atoms with E-state index in [0.29, 0.717) is 11.6 Å². The Labute approximate surface area is 170 Å². The molecular formula is C22H26N6O. The number of rotatable bonds is 4. The number of fused-ring (bicyclic) bond motifs is 1. The Hall–Kier alpha value is -2.96. The largest absolute Gasteiger partial charge is 0.355 e. The maximum Gasteiger partial charge on any atom is 0.251 e. The predicted molar refractivity (Wildman–Crippen MR) is 113 cm³/mol. The van der Waals surface area contributed by atoms with Gasteiger partial charge in [-0.3, -0.25) is 9.36 Å². The molecule has 1 aromatic carbocycles. The van der Waals surface area contributed by atoms with Crippen molar-refractivity contribution in [3.05, 3.63) is 42.0 Å². The van der Waals surface area contributed by atoms with E-state index in [-0.39, 0.29) is 5.91 Å². The molecule has 7 heteroatoms. The molecule has 1 amide bonds. The zero-order valence-electron chi connectivity index (χ0n) is 16.8. The van der Waals surface area contributed by atoms with Gasteiger partial charge >= 0.3 is 0 Å². The zero-order valence-corrected chi connectivity index (χ0v) is 16.8. The molecule has 150 valence electrons.